The molecule has 25 heavy (non-hydrogen) atoms. The van der Waals surface area contributed by atoms with Gasteiger partial charge >= 0.3 is 6.09 Å². The molecule has 0 radical (unpaired) electrons. The first-order chi connectivity index (χ1) is 12.1. The summed E-state index contributed by atoms with van der Waals surface area (Å²) in [5.41, 5.74) is 2.40. The number of thioether (sulfide) groups is 1. The summed E-state index contributed by atoms with van der Waals surface area (Å²) in [5, 5.41) is 5.77. The molecule has 0 atom stereocenters. The third-order valence-corrected chi connectivity index (χ3v) is 4.04. The van der Waals surface area contributed by atoms with Crippen molar-refractivity contribution in [1.82, 2.24) is 5.32 Å². The molecule has 1 aliphatic rings. The Morgan fingerprint density at radius 3 is 3.16 bits per heavy atom. The first-order valence-electron chi connectivity index (χ1n) is 7.93. The number of carbonyl (C=O) groups excluding carboxylic acids is 1. The fourth-order valence-electron chi connectivity index (χ4n) is 2.32. The Hall–Kier alpha value is -2.35. The van der Waals surface area contributed by atoms with E-state index >= 15 is 0 Å². The quantitative estimate of drug-likeness (QED) is 0.419. The van der Waals surface area contributed by atoms with Gasteiger partial charge in [-0.3, -0.25) is 10.3 Å². The molecule has 1 aromatic carbocycles. The average Bonchev–Trinajstić information content (AvgIpc) is 2.60. The third-order valence-electron chi connectivity index (χ3n) is 3.46. The van der Waals surface area contributed by atoms with Gasteiger partial charge in [-0.1, -0.05) is 6.58 Å². The van der Waals surface area contributed by atoms with Crippen LogP contribution in [0.3, 0.4) is 0 Å². The average molecular weight is 364 g/mol. The Morgan fingerprint density at radius 2 is 2.40 bits per heavy atom. The third kappa shape index (κ3) is 5.90. The van der Waals surface area contributed by atoms with Crippen molar-refractivity contribution >= 4 is 35.6 Å². The SMILES string of the molecule is C=C(CN1CCOc2ccc(NC(=O)OCCSC)cc21)NC=NC. The summed E-state index contributed by atoms with van der Waals surface area (Å²) in [5.74, 6) is 1.56. The van der Waals surface area contributed by atoms with Crippen molar-refractivity contribution < 1.29 is 14.3 Å². The molecule has 7 nitrogen and oxygen atoms in total. The van der Waals surface area contributed by atoms with E-state index in [0.717, 1.165) is 29.4 Å². The largest absolute Gasteiger partial charge is 0.490 e. The zero-order valence-corrected chi connectivity index (χ0v) is 15.4. The fraction of sp³-hybridized carbons (Fsp3) is 0.412. The van der Waals surface area contributed by atoms with Crippen molar-refractivity contribution in [2.45, 2.75) is 0 Å². The second-order valence-electron chi connectivity index (χ2n) is 5.34. The molecule has 0 bridgehead atoms. The van der Waals surface area contributed by atoms with Gasteiger partial charge in [0.2, 0.25) is 0 Å². The minimum absolute atomic E-state index is 0.387. The van der Waals surface area contributed by atoms with E-state index in [-0.39, 0.29) is 0 Å². The van der Waals surface area contributed by atoms with Gasteiger partial charge in [0.1, 0.15) is 19.0 Å². The molecule has 2 N–H and O–H groups in total. The van der Waals surface area contributed by atoms with Crippen LogP contribution < -0.4 is 20.3 Å². The maximum Gasteiger partial charge on any atom is 0.411 e. The van der Waals surface area contributed by atoms with Crippen molar-refractivity contribution in [2.75, 3.05) is 55.6 Å². The topological polar surface area (TPSA) is 75.2 Å². The maximum absolute atomic E-state index is 11.8. The first-order valence-corrected chi connectivity index (χ1v) is 9.33. The number of benzene rings is 1. The van der Waals surface area contributed by atoms with Crippen LogP contribution in [0.4, 0.5) is 16.2 Å². The zero-order valence-electron chi connectivity index (χ0n) is 14.6. The number of rotatable bonds is 8. The number of amides is 1. The molecule has 1 heterocycles. The van der Waals surface area contributed by atoms with Gasteiger partial charge in [-0.15, -0.1) is 0 Å². The van der Waals surface area contributed by atoms with E-state index in [1.54, 1.807) is 31.2 Å². The van der Waals surface area contributed by atoms with Crippen LogP contribution in [0.2, 0.25) is 0 Å². The Labute approximate surface area is 152 Å². The predicted molar refractivity (Wildman–Crippen MR) is 104 cm³/mol. The molecule has 0 unspecified atom stereocenters. The lowest BCUT2D eigenvalue weighted by Crippen LogP contribution is -2.36. The van der Waals surface area contributed by atoms with Crippen molar-refractivity contribution in [1.29, 1.82) is 0 Å². The van der Waals surface area contributed by atoms with E-state index in [1.807, 2.05) is 18.4 Å². The van der Waals surface area contributed by atoms with Crippen LogP contribution in [0.5, 0.6) is 5.75 Å². The van der Waals surface area contributed by atoms with Crippen LogP contribution in [0, 0.1) is 0 Å². The highest BCUT2D eigenvalue weighted by Gasteiger charge is 2.19. The maximum atomic E-state index is 11.8. The number of fused-ring (bicyclic) bond motifs is 1. The van der Waals surface area contributed by atoms with Crippen LogP contribution in [-0.4, -0.2) is 57.8 Å². The van der Waals surface area contributed by atoms with Crippen LogP contribution in [0.25, 0.3) is 0 Å². The monoisotopic (exact) mass is 364 g/mol. The van der Waals surface area contributed by atoms with Crippen LogP contribution in [-0.2, 0) is 4.74 Å². The second kappa shape index (κ2) is 9.83. The molecule has 8 heteroatoms. The normalized spacial score (nSPS) is 13.1. The minimum atomic E-state index is -0.456. The molecule has 1 amide bonds. The summed E-state index contributed by atoms with van der Waals surface area (Å²) in [6.45, 7) is 6.33. The number of aliphatic imine (C=N–C) groups is 1. The van der Waals surface area contributed by atoms with E-state index in [9.17, 15) is 4.79 Å². The summed E-state index contributed by atoms with van der Waals surface area (Å²) in [6, 6.07) is 5.53. The van der Waals surface area contributed by atoms with E-state index in [0.29, 0.717) is 25.4 Å². The number of nitrogens with one attached hydrogen (secondary N) is 2. The lowest BCUT2D eigenvalue weighted by Gasteiger charge is -2.32. The van der Waals surface area contributed by atoms with E-state index in [4.69, 9.17) is 9.47 Å². The molecular weight excluding hydrogens is 340 g/mol. The standard InChI is InChI=1S/C17H24N4O3S/c1-13(19-12-18-2)11-21-6-7-23-16-5-4-14(10-15(16)21)20-17(22)24-8-9-25-3/h4-5,10,12H,1,6-9,11H2,2-3H3,(H,18,19)(H,20,22). The first kappa shape index (κ1) is 19.0. The molecule has 0 spiro atoms. The smallest absolute Gasteiger partial charge is 0.411 e. The van der Waals surface area contributed by atoms with Gasteiger partial charge in [-0.2, -0.15) is 11.8 Å². The number of hydrogen-bond acceptors (Lipinski definition) is 6. The molecule has 1 aromatic rings. The van der Waals surface area contributed by atoms with Gasteiger partial charge in [0.15, 0.2) is 0 Å². The number of carbonyl (C=O) groups is 1. The van der Waals surface area contributed by atoms with Crippen molar-refractivity contribution in [3.8, 4) is 5.75 Å². The lowest BCUT2D eigenvalue weighted by atomic mass is 10.2. The Kier molecular flexibility index (Phi) is 7.46. The molecule has 2 rings (SSSR count). The van der Waals surface area contributed by atoms with Crippen molar-refractivity contribution in [3.63, 3.8) is 0 Å². The van der Waals surface area contributed by atoms with Crippen molar-refractivity contribution in [3.05, 3.63) is 30.5 Å². The van der Waals surface area contributed by atoms with Gasteiger partial charge in [-0.05, 0) is 24.5 Å². The molecular formula is C17H24N4O3S. The van der Waals surface area contributed by atoms with Crippen LogP contribution in [0.1, 0.15) is 0 Å². The summed E-state index contributed by atoms with van der Waals surface area (Å²) < 4.78 is 10.8. The fourth-order valence-corrected chi connectivity index (χ4v) is 2.57. The Morgan fingerprint density at radius 1 is 1.56 bits per heavy atom. The molecule has 0 fully saturated rings. The lowest BCUT2D eigenvalue weighted by molar-refractivity contribution is 0.169. The minimum Gasteiger partial charge on any atom is -0.490 e. The predicted octanol–water partition coefficient (Wildman–Crippen LogP) is 2.56. The highest BCUT2D eigenvalue weighted by Crippen LogP contribution is 2.34. The van der Waals surface area contributed by atoms with Crippen molar-refractivity contribution in [2.24, 2.45) is 4.99 Å². The summed E-state index contributed by atoms with van der Waals surface area (Å²) in [7, 11) is 1.69. The summed E-state index contributed by atoms with van der Waals surface area (Å²) in [6.07, 6.45) is 3.11. The Balaban J connectivity index is 2.03. The number of ether oxygens (including phenoxy) is 2. The van der Waals surface area contributed by atoms with Gasteiger partial charge in [0.25, 0.3) is 0 Å². The van der Waals surface area contributed by atoms with Gasteiger partial charge < -0.3 is 19.7 Å². The highest BCUT2D eigenvalue weighted by atomic mass is 32.2. The molecule has 0 aliphatic carbocycles. The summed E-state index contributed by atoms with van der Waals surface area (Å²) >= 11 is 1.63. The van der Waals surface area contributed by atoms with Crippen LogP contribution in [0.15, 0.2) is 35.5 Å². The van der Waals surface area contributed by atoms with E-state index in [1.165, 1.54) is 0 Å². The molecule has 0 saturated carbocycles. The molecule has 1 aliphatic heterocycles. The molecule has 136 valence electrons. The molecule has 0 aromatic heterocycles. The number of anilines is 2. The molecule has 0 saturated heterocycles. The van der Waals surface area contributed by atoms with E-state index in [2.05, 4.69) is 27.1 Å². The number of hydrogen-bond donors (Lipinski definition) is 2. The van der Waals surface area contributed by atoms with Gasteiger partial charge in [-0.25, -0.2) is 4.79 Å². The van der Waals surface area contributed by atoms with Gasteiger partial charge in [0.05, 0.1) is 25.1 Å². The Bertz CT molecular complexity index is 636. The van der Waals surface area contributed by atoms with Crippen LogP contribution >= 0.6 is 11.8 Å². The van der Waals surface area contributed by atoms with Gasteiger partial charge in [0, 0.05) is 24.2 Å². The zero-order chi connectivity index (χ0) is 18.1. The number of nitrogens with zero attached hydrogens (tertiary/aromatic N) is 2. The van der Waals surface area contributed by atoms with E-state index < -0.39 is 6.09 Å². The highest BCUT2D eigenvalue weighted by molar-refractivity contribution is 7.98. The summed E-state index contributed by atoms with van der Waals surface area (Å²) in [4.78, 5) is 17.8. The second-order valence-corrected chi connectivity index (χ2v) is 6.33.